The van der Waals surface area contributed by atoms with Crippen LogP contribution in [-0.4, -0.2) is 20.8 Å². The third kappa shape index (κ3) is 2.81. The minimum absolute atomic E-state index is 0.396. The van der Waals surface area contributed by atoms with Crippen LogP contribution in [0.1, 0.15) is 35.1 Å². The monoisotopic (exact) mass is 448 g/mol. The molecular weight excluding hydrogens is 430 g/mol. The van der Waals surface area contributed by atoms with E-state index in [4.69, 9.17) is 16.3 Å². The Morgan fingerprint density at radius 2 is 1.66 bits per heavy atom. The topological polar surface area (TPSA) is 84.3 Å². The number of ether oxygens (including phenoxy) is 1. The van der Waals surface area contributed by atoms with Crippen LogP contribution in [-0.2, 0) is 23.6 Å². The van der Waals surface area contributed by atoms with Crippen LogP contribution in [0.3, 0.4) is 0 Å². The van der Waals surface area contributed by atoms with Crippen molar-refractivity contribution in [2.45, 2.75) is 12.8 Å². The average Bonchev–Trinajstić information content (AvgIpc) is 3.08. The first-order chi connectivity index (χ1) is 15.3. The van der Waals surface area contributed by atoms with Crippen LogP contribution in [0.25, 0.3) is 5.76 Å². The molecule has 0 amide bonds. The van der Waals surface area contributed by atoms with Crippen LogP contribution >= 0.6 is 11.6 Å². The van der Waals surface area contributed by atoms with Gasteiger partial charge in [-0.2, -0.15) is 4.57 Å². The van der Waals surface area contributed by atoms with Crippen molar-refractivity contribution in [2.75, 3.05) is 0 Å². The highest BCUT2D eigenvalue weighted by Crippen LogP contribution is 2.45. The summed E-state index contributed by atoms with van der Waals surface area (Å²) >= 11 is 6.12. The summed E-state index contributed by atoms with van der Waals surface area (Å²) in [7, 11) is 3.07. The number of nitrogens with one attached hydrogen (secondary N) is 1. The fourth-order valence-corrected chi connectivity index (χ4v) is 4.63. The second-order valence-electron chi connectivity index (χ2n) is 7.83. The molecule has 0 saturated heterocycles. The van der Waals surface area contributed by atoms with Crippen molar-refractivity contribution in [3.05, 3.63) is 102 Å². The number of halogens is 1. The molecule has 0 fully saturated rings. The molecule has 32 heavy (non-hydrogen) atoms. The van der Waals surface area contributed by atoms with Crippen molar-refractivity contribution in [1.82, 2.24) is 9.13 Å². The first-order valence-electron chi connectivity index (χ1n) is 10.0. The van der Waals surface area contributed by atoms with Crippen LogP contribution in [0.2, 0.25) is 5.02 Å². The minimum atomic E-state index is -0.578. The van der Waals surface area contributed by atoms with Gasteiger partial charge in [-0.3, -0.25) is 9.59 Å². The Morgan fingerprint density at radius 1 is 1.00 bits per heavy atom. The summed E-state index contributed by atoms with van der Waals surface area (Å²) in [5.41, 5.74) is 3.28. The van der Waals surface area contributed by atoms with Crippen molar-refractivity contribution in [1.29, 1.82) is 0 Å². The van der Waals surface area contributed by atoms with E-state index in [0.717, 1.165) is 21.3 Å². The summed E-state index contributed by atoms with van der Waals surface area (Å²) in [6, 6.07) is 14.7. The molecular formula is C24H19ClN3O4+. The number of rotatable bonds is 2. The third-order valence-corrected chi connectivity index (χ3v) is 6.18. The van der Waals surface area contributed by atoms with Gasteiger partial charge >= 0.3 is 11.7 Å². The quantitative estimate of drug-likeness (QED) is 0.600. The summed E-state index contributed by atoms with van der Waals surface area (Å²) in [6.07, 6.45) is 0. The molecule has 1 unspecified atom stereocenters. The number of benzene rings is 2. The maximum absolute atomic E-state index is 13.4. The molecule has 1 aliphatic carbocycles. The predicted molar refractivity (Wildman–Crippen MR) is 120 cm³/mol. The molecule has 0 spiro atoms. The molecule has 2 aromatic carbocycles. The highest BCUT2D eigenvalue weighted by atomic mass is 35.5. The molecule has 2 heterocycles. The lowest BCUT2D eigenvalue weighted by molar-refractivity contribution is -0.364. The second-order valence-corrected chi connectivity index (χ2v) is 8.27. The molecule has 7 nitrogen and oxygen atoms in total. The second kappa shape index (κ2) is 7.17. The van der Waals surface area contributed by atoms with Crippen molar-refractivity contribution in [3.8, 4) is 0 Å². The van der Waals surface area contributed by atoms with E-state index < -0.39 is 23.1 Å². The molecule has 8 heteroatoms. The lowest BCUT2D eigenvalue weighted by atomic mass is 9.81. The fraction of sp³-hybridized carbons (Fsp3) is 0.167. The van der Waals surface area contributed by atoms with Crippen LogP contribution in [0.5, 0.6) is 0 Å². The van der Waals surface area contributed by atoms with E-state index in [-0.39, 0.29) is 0 Å². The Hall–Kier alpha value is -3.71. The Labute approximate surface area is 187 Å². The van der Waals surface area contributed by atoms with Gasteiger partial charge in [-0.25, -0.2) is 14.4 Å². The van der Waals surface area contributed by atoms with E-state index >= 15 is 0 Å². The number of allylic oxidation sites excluding steroid dienone is 1. The Morgan fingerprint density at radius 3 is 2.31 bits per heavy atom. The number of carbonyl (C=O) groups excluding carboxylic acids is 1. The van der Waals surface area contributed by atoms with Crippen LogP contribution < -0.4 is 16.2 Å². The zero-order valence-electron chi connectivity index (χ0n) is 17.6. The van der Waals surface area contributed by atoms with E-state index in [9.17, 15) is 14.4 Å². The van der Waals surface area contributed by atoms with Gasteiger partial charge in [0.1, 0.15) is 17.0 Å². The van der Waals surface area contributed by atoms with Gasteiger partial charge in [0.2, 0.25) is 0 Å². The molecule has 3 aromatic rings. The molecule has 0 radical (unpaired) electrons. The number of nitrogens with zero attached hydrogens (tertiary/aromatic N) is 2. The number of esters is 1. The summed E-state index contributed by atoms with van der Waals surface area (Å²) < 4.78 is 8.21. The molecule has 1 N–H and O–H groups in total. The Bertz CT molecular complexity index is 1490. The normalized spacial score (nSPS) is 16.2. The Balaban J connectivity index is 1.95. The third-order valence-electron chi connectivity index (χ3n) is 5.92. The van der Waals surface area contributed by atoms with Gasteiger partial charge in [-0.1, -0.05) is 41.9 Å². The lowest BCUT2D eigenvalue weighted by Gasteiger charge is -2.24. The van der Waals surface area contributed by atoms with Gasteiger partial charge in [0.15, 0.2) is 0 Å². The maximum Gasteiger partial charge on any atom is 0.417 e. The fourth-order valence-electron chi connectivity index (χ4n) is 4.50. The van der Waals surface area contributed by atoms with Crippen molar-refractivity contribution < 1.29 is 14.5 Å². The van der Waals surface area contributed by atoms with Crippen LogP contribution in [0.15, 0.2) is 63.7 Å². The molecule has 1 atom stereocenters. The van der Waals surface area contributed by atoms with Gasteiger partial charge in [-0.05, 0) is 23.8 Å². The summed E-state index contributed by atoms with van der Waals surface area (Å²) in [4.78, 5) is 41.4. The lowest BCUT2D eigenvalue weighted by Crippen LogP contribution is -2.73. The van der Waals surface area contributed by atoms with Crippen molar-refractivity contribution in [3.63, 3.8) is 0 Å². The summed E-state index contributed by atoms with van der Waals surface area (Å²) in [5.74, 6) is -0.226. The maximum atomic E-state index is 13.4. The first kappa shape index (κ1) is 20.2. The molecule has 2 aliphatic rings. The van der Waals surface area contributed by atoms with E-state index in [2.05, 4.69) is 4.99 Å². The molecule has 0 saturated carbocycles. The average molecular weight is 449 g/mol. The van der Waals surface area contributed by atoms with E-state index in [1.165, 1.54) is 18.5 Å². The number of fused-ring (bicyclic) bond motifs is 4. The standard InChI is InChI=1S/C24H18ClN3O4/c1-12(29)32-21-16-7-5-4-6-15(16)20-18(21)17(13-8-10-14(25)11-9-13)19-22(26-20)27(2)24(31)28(3)23(19)30/h4-11,17H,1-3H3/p+1. The van der Waals surface area contributed by atoms with Crippen LogP contribution in [0.4, 0.5) is 5.82 Å². The molecule has 5 rings (SSSR count). The van der Waals surface area contributed by atoms with Gasteiger partial charge in [0.05, 0.1) is 18.5 Å². The van der Waals surface area contributed by atoms with E-state index in [1.54, 1.807) is 19.2 Å². The summed E-state index contributed by atoms with van der Waals surface area (Å²) in [6.45, 7) is 1.35. The smallest absolute Gasteiger partial charge is 0.417 e. The number of carbonyl (C=O) groups is 1. The number of hydrogen-bond donors (Lipinski definition) is 1. The zero-order chi connectivity index (χ0) is 22.7. The molecule has 0 bridgehead atoms. The molecule has 160 valence electrons. The SMILES string of the molecule is CC(=O)OC1=C2C(=[NH+]c3c(c(=O)n(C)c(=O)n3C)C2c2ccc(Cl)cc2)c2ccccc21. The minimum Gasteiger partial charge on any atom is -0.426 e. The zero-order valence-corrected chi connectivity index (χ0v) is 18.4. The molecule has 1 aromatic heterocycles. The summed E-state index contributed by atoms with van der Waals surface area (Å²) in [5, 5.41) is 0.560. The number of aromatic nitrogens is 2. The predicted octanol–water partition coefficient (Wildman–Crippen LogP) is 1.37. The van der Waals surface area contributed by atoms with Crippen molar-refractivity contribution >= 4 is 34.9 Å². The number of hydrogen-bond acceptors (Lipinski definition) is 4. The van der Waals surface area contributed by atoms with Gasteiger partial charge < -0.3 is 4.74 Å². The van der Waals surface area contributed by atoms with Gasteiger partial charge in [0, 0.05) is 30.1 Å². The van der Waals surface area contributed by atoms with E-state index in [1.807, 2.05) is 36.4 Å². The van der Waals surface area contributed by atoms with Crippen LogP contribution in [0, 0.1) is 0 Å². The van der Waals surface area contributed by atoms with Gasteiger partial charge in [-0.15, -0.1) is 0 Å². The first-order valence-corrected chi connectivity index (χ1v) is 10.4. The van der Waals surface area contributed by atoms with E-state index in [0.29, 0.717) is 33.4 Å². The highest BCUT2D eigenvalue weighted by molar-refractivity contribution is 6.30. The molecule has 1 aliphatic heterocycles. The van der Waals surface area contributed by atoms with Gasteiger partial charge in [0.25, 0.3) is 11.4 Å². The van der Waals surface area contributed by atoms with Crippen molar-refractivity contribution in [2.24, 2.45) is 14.1 Å². The Kier molecular flexibility index (Phi) is 4.53. The largest absolute Gasteiger partial charge is 0.426 e. The highest BCUT2D eigenvalue weighted by Gasteiger charge is 2.45.